The van der Waals surface area contributed by atoms with Crippen molar-refractivity contribution in [3.63, 3.8) is 0 Å². The fourth-order valence-corrected chi connectivity index (χ4v) is 2.08. The summed E-state index contributed by atoms with van der Waals surface area (Å²) >= 11 is 0. The summed E-state index contributed by atoms with van der Waals surface area (Å²) in [4.78, 5) is 9.01. The second kappa shape index (κ2) is 4.96. The summed E-state index contributed by atoms with van der Waals surface area (Å²) in [6.07, 6.45) is 12.2. The Kier molecular flexibility index (Phi) is 3.01. The Balaban J connectivity index is 1.99. The molecule has 2 nitrogen and oxygen atoms in total. The van der Waals surface area contributed by atoms with Crippen LogP contribution in [0.5, 0.6) is 0 Å². The lowest BCUT2D eigenvalue weighted by Gasteiger charge is -2.09. The maximum atomic E-state index is 4.70. The molecular weight excluding hydrogens is 220 g/mol. The molecule has 1 aliphatic rings. The molecule has 1 aromatic heterocycles. The molecular formula is C16H14N2. The number of hydrogen-bond acceptors (Lipinski definition) is 2. The zero-order valence-electron chi connectivity index (χ0n) is 10.1. The molecule has 1 aromatic carbocycles. The van der Waals surface area contributed by atoms with E-state index in [1.165, 1.54) is 5.57 Å². The zero-order valence-corrected chi connectivity index (χ0v) is 10.1. The molecule has 0 N–H and O–H groups in total. The molecule has 0 unspecified atom stereocenters. The van der Waals surface area contributed by atoms with Gasteiger partial charge in [0.2, 0.25) is 0 Å². The van der Waals surface area contributed by atoms with Crippen LogP contribution in [0, 0.1) is 0 Å². The summed E-state index contributed by atoms with van der Waals surface area (Å²) in [5, 5.41) is 0. The van der Waals surface area contributed by atoms with E-state index in [2.05, 4.69) is 35.3 Å². The first-order valence-corrected chi connectivity index (χ1v) is 6.17. The highest BCUT2D eigenvalue weighted by Gasteiger charge is 2.07. The van der Waals surface area contributed by atoms with E-state index >= 15 is 0 Å². The smallest absolute Gasteiger partial charge is 0.0892 e. The lowest BCUT2D eigenvalue weighted by Crippen LogP contribution is -1.95. The molecule has 0 radical (unpaired) electrons. The molecule has 0 bridgehead atoms. The summed E-state index contributed by atoms with van der Waals surface area (Å²) in [5.41, 5.74) is 4.30. The Bertz CT molecular complexity index is 598. The number of aromatic nitrogens is 2. The van der Waals surface area contributed by atoms with Gasteiger partial charge in [-0.25, -0.2) is 4.98 Å². The predicted molar refractivity (Wildman–Crippen MR) is 73.8 cm³/mol. The van der Waals surface area contributed by atoms with Crippen molar-refractivity contribution < 1.29 is 0 Å². The average molecular weight is 234 g/mol. The maximum Gasteiger partial charge on any atom is 0.0892 e. The minimum absolute atomic E-state index is 0.934. The van der Waals surface area contributed by atoms with Crippen LogP contribution < -0.4 is 0 Å². The van der Waals surface area contributed by atoms with Crippen molar-refractivity contribution in [2.45, 2.75) is 12.8 Å². The van der Waals surface area contributed by atoms with E-state index in [4.69, 9.17) is 4.98 Å². The molecule has 0 spiro atoms. The average Bonchev–Trinajstić information content (AvgIpc) is 2.49. The second-order valence-electron chi connectivity index (χ2n) is 4.31. The maximum absolute atomic E-state index is 4.70. The summed E-state index contributed by atoms with van der Waals surface area (Å²) in [7, 11) is 0. The largest absolute Gasteiger partial charge is 0.260 e. The highest BCUT2D eigenvalue weighted by Crippen LogP contribution is 2.23. The molecule has 0 saturated carbocycles. The van der Waals surface area contributed by atoms with Gasteiger partial charge in [-0.05, 0) is 18.4 Å². The first-order valence-electron chi connectivity index (χ1n) is 6.17. The van der Waals surface area contributed by atoms with Crippen LogP contribution in [-0.2, 0) is 0 Å². The zero-order chi connectivity index (χ0) is 12.2. The molecule has 2 aromatic rings. The minimum Gasteiger partial charge on any atom is -0.260 e. The molecule has 1 aliphatic carbocycles. The van der Waals surface area contributed by atoms with E-state index in [0.29, 0.717) is 0 Å². The number of benzene rings is 1. The molecule has 2 heteroatoms. The summed E-state index contributed by atoms with van der Waals surface area (Å²) in [5.74, 6) is 0. The van der Waals surface area contributed by atoms with Crippen LogP contribution in [0.3, 0.4) is 0 Å². The fourth-order valence-electron chi connectivity index (χ4n) is 2.08. The lowest BCUT2D eigenvalue weighted by atomic mass is 10.0. The molecule has 0 fully saturated rings. The predicted octanol–water partition coefficient (Wildman–Crippen LogP) is 3.88. The summed E-state index contributed by atoms with van der Waals surface area (Å²) in [6, 6.07) is 10.2. The van der Waals surface area contributed by atoms with E-state index in [1.807, 2.05) is 30.6 Å². The van der Waals surface area contributed by atoms with Crippen molar-refractivity contribution >= 4 is 5.57 Å². The van der Waals surface area contributed by atoms with Crippen LogP contribution in [0.4, 0.5) is 0 Å². The second-order valence-corrected chi connectivity index (χ2v) is 4.31. The highest BCUT2D eigenvalue weighted by molar-refractivity contribution is 5.67. The van der Waals surface area contributed by atoms with Gasteiger partial charge in [0.25, 0.3) is 0 Å². The third-order valence-corrected chi connectivity index (χ3v) is 3.05. The van der Waals surface area contributed by atoms with Crippen molar-refractivity contribution in [1.82, 2.24) is 9.97 Å². The summed E-state index contributed by atoms with van der Waals surface area (Å²) in [6.45, 7) is 0. The van der Waals surface area contributed by atoms with Gasteiger partial charge in [0.05, 0.1) is 23.8 Å². The van der Waals surface area contributed by atoms with Crippen molar-refractivity contribution in [2.75, 3.05) is 0 Å². The number of nitrogens with zero attached hydrogens (tertiary/aromatic N) is 2. The SMILES string of the molecule is C1=CCCC(c2cncc(-c3ccccc3)n2)=C1. The number of hydrogen-bond donors (Lipinski definition) is 0. The van der Waals surface area contributed by atoms with Gasteiger partial charge in [-0.2, -0.15) is 0 Å². The lowest BCUT2D eigenvalue weighted by molar-refractivity contribution is 1.03. The Labute approximate surface area is 107 Å². The Hall–Kier alpha value is -2.22. The van der Waals surface area contributed by atoms with Crippen molar-refractivity contribution in [1.29, 1.82) is 0 Å². The van der Waals surface area contributed by atoms with Crippen LogP contribution in [-0.4, -0.2) is 9.97 Å². The fraction of sp³-hybridized carbons (Fsp3) is 0.125. The van der Waals surface area contributed by atoms with E-state index in [0.717, 1.165) is 29.8 Å². The number of rotatable bonds is 2. The van der Waals surface area contributed by atoms with E-state index in [9.17, 15) is 0 Å². The molecule has 88 valence electrons. The number of allylic oxidation sites excluding steroid dienone is 4. The topological polar surface area (TPSA) is 25.8 Å². The van der Waals surface area contributed by atoms with Gasteiger partial charge < -0.3 is 0 Å². The summed E-state index contributed by atoms with van der Waals surface area (Å²) < 4.78 is 0. The van der Waals surface area contributed by atoms with Crippen LogP contribution in [0.25, 0.3) is 16.8 Å². The monoisotopic (exact) mass is 234 g/mol. The molecule has 0 atom stereocenters. The standard InChI is InChI=1S/C16H14N2/c1-3-7-13(8-4-1)15-11-17-12-16(18-15)14-9-5-2-6-10-14/h1-5,7-9,11-12H,6,10H2. The van der Waals surface area contributed by atoms with Crippen molar-refractivity contribution in [3.05, 3.63) is 66.6 Å². The van der Waals surface area contributed by atoms with E-state index in [1.54, 1.807) is 0 Å². The van der Waals surface area contributed by atoms with E-state index < -0.39 is 0 Å². The van der Waals surface area contributed by atoms with Crippen LogP contribution in [0.15, 0.2) is 61.0 Å². The molecule has 0 amide bonds. The van der Waals surface area contributed by atoms with Gasteiger partial charge >= 0.3 is 0 Å². The molecule has 3 rings (SSSR count). The highest BCUT2D eigenvalue weighted by atomic mass is 14.8. The Morgan fingerprint density at radius 3 is 2.56 bits per heavy atom. The van der Waals surface area contributed by atoms with Gasteiger partial charge in [-0.1, -0.05) is 48.6 Å². The van der Waals surface area contributed by atoms with Crippen molar-refractivity contribution in [3.8, 4) is 11.3 Å². The molecule has 0 aliphatic heterocycles. The third-order valence-electron chi connectivity index (χ3n) is 3.05. The van der Waals surface area contributed by atoms with Crippen LogP contribution >= 0.6 is 0 Å². The Morgan fingerprint density at radius 1 is 0.944 bits per heavy atom. The quantitative estimate of drug-likeness (QED) is 0.788. The van der Waals surface area contributed by atoms with Gasteiger partial charge in [0.15, 0.2) is 0 Å². The molecule has 0 saturated heterocycles. The van der Waals surface area contributed by atoms with Gasteiger partial charge in [0.1, 0.15) is 0 Å². The normalized spacial score (nSPS) is 14.3. The van der Waals surface area contributed by atoms with E-state index in [-0.39, 0.29) is 0 Å². The first kappa shape index (κ1) is 10.9. The minimum atomic E-state index is 0.934. The van der Waals surface area contributed by atoms with Gasteiger partial charge in [-0.3, -0.25) is 4.98 Å². The Morgan fingerprint density at radius 2 is 1.78 bits per heavy atom. The van der Waals surface area contributed by atoms with Gasteiger partial charge in [-0.15, -0.1) is 0 Å². The van der Waals surface area contributed by atoms with Crippen LogP contribution in [0.1, 0.15) is 18.5 Å². The molecule has 18 heavy (non-hydrogen) atoms. The van der Waals surface area contributed by atoms with Gasteiger partial charge in [0, 0.05) is 5.56 Å². The van der Waals surface area contributed by atoms with Crippen molar-refractivity contribution in [2.24, 2.45) is 0 Å². The third kappa shape index (κ3) is 2.23. The molecule has 1 heterocycles. The van der Waals surface area contributed by atoms with Crippen LogP contribution in [0.2, 0.25) is 0 Å². The first-order chi connectivity index (χ1) is 8.93.